The van der Waals surface area contributed by atoms with E-state index in [1.165, 1.54) is 0 Å². The summed E-state index contributed by atoms with van der Waals surface area (Å²) < 4.78 is 3.70. The molecule has 1 aromatic heterocycles. The van der Waals surface area contributed by atoms with Gasteiger partial charge < -0.3 is 10.4 Å². The first kappa shape index (κ1) is 14.4. The highest BCUT2D eigenvalue weighted by atomic mass is 32.1. The first-order valence-electron chi connectivity index (χ1n) is 6.56. The molecular weight excluding hydrogens is 262 g/mol. The monoisotopic (exact) mass is 283 g/mol. The molecule has 0 spiro atoms. The van der Waals surface area contributed by atoms with E-state index in [1.807, 2.05) is 0 Å². The molecular formula is C13H21N3O2S. The van der Waals surface area contributed by atoms with Crippen LogP contribution in [0.3, 0.4) is 0 Å². The molecule has 1 heterocycles. The van der Waals surface area contributed by atoms with Crippen molar-refractivity contribution in [1.29, 1.82) is 0 Å². The SMILES string of the molecule is C[C@@H]1CC(C)(C)C[C@@](CO)(NC(=O)c2csnn2)C1. The van der Waals surface area contributed by atoms with Crippen LogP contribution in [0, 0.1) is 11.3 Å². The van der Waals surface area contributed by atoms with Crippen LogP contribution in [0.5, 0.6) is 0 Å². The lowest BCUT2D eigenvalue weighted by Gasteiger charge is -2.47. The molecule has 1 fully saturated rings. The third-order valence-electron chi connectivity index (χ3n) is 3.73. The molecule has 0 aromatic carbocycles. The summed E-state index contributed by atoms with van der Waals surface area (Å²) in [7, 11) is 0. The second-order valence-electron chi connectivity index (χ2n) is 6.54. The van der Waals surface area contributed by atoms with Gasteiger partial charge in [0.1, 0.15) is 0 Å². The summed E-state index contributed by atoms with van der Waals surface area (Å²) in [5.74, 6) is 0.234. The van der Waals surface area contributed by atoms with Crippen LogP contribution in [-0.4, -0.2) is 32.7 Å². The smallest absolute Gasteiger partial charge is 0.273 e. The van der Waals surface area contributed by atoms with E-state index in [0.29, 0.717) is 11.6 Å². The second kappa shape index (κ2) is 5.17. The van der Waals surface area contributed by atoms with Gasteiger partial charge in [0.2, 0.25) is 0 Å². The quantitative estimate of drug-likeness (QED) is 0.887. The van der Waals surface area contributed by atoms with E-state index in [-0.39, 0.29) is 17.9 Å². The van der Waals surface area contributed by atoms with E-state index in [0.717, 1.165) is 30.8 Å². The third kappa shape index (κ3) is 3.30. The maximum atomic E-state index is 12.1. The summed E-state index contributed by atoms with van der Waals surface area (Å²) in [6.07, 6.45) is 2.70. The van der Waals surface area contributed by atoms with Crippen molar-refractivity contribution in [3.63, 3.8) is 0 Å². The molecule has 2 atom stereocenters. The lowest BCUT2D eigenvalue weighted by molar-refractivity contribution is 0.0332. The number of carbonyl (C=O) groups excluding carboxylic acids is 1. The fraction of sp³-hybridized carbons (Fsp3) is 0.769. The standard InChI is InChI=1S/C13H21N3O2S/c1-9-4-12(2,3)7-13(5-9,8-17)14-11(18)10-6-19-16-15-10/h6,9,17H,4-5,7-8H2,1-3H3,(H,14,18)/t9-,13+/m1/s1. The van der Waals surface area contributed by atoms with Gasteiger partial charge in [0.25, 0.3) is 5.91 Å². The Balaban J connectivity index is 2.16. The van der Waals surface area contributed by atoms with E-state index in [9.17, 15) is 9.90 Å². The number of nitrogens with one attached hydrogen (secondary N) is 1. The Bertz CT molecular complexity index is 447. The molecule has 0 saturated heterocycles. The zero-order valence-corrected chi connectivity index (χ0v) is 12.5. The first-order chi connectivity index (χ1) is 8.86. The summed E-state index contributed by atoms with van der Waals surface area (Å²) in [4.78, 5) is 12.1. The topological polar surface area (TPSA) is 75.1 Å². The van der Waals surface area contributed by atoms with Gasteiger partial charge in [0.05, 0.1) is 12.1 Å². The van der Waals surface area contributed by atoms with E-state index >= 15 is 0 Å². The average Bonchev–Trinajstić information content (AvgIpc) is 2.79. The summed E-state index contributed by atoms with van der Waals surface area (Å²) >= 11 is 1.15. The number of aliphatic hydroxyl groups excluding tert-OH is 1. The Morgan fingerprint density at radius 2 is 2.32 bits per heavy atom. The Morgan fingerprint density at radius 1 is 1.58 bits per heavy atom. The molecule has 1 amide bonds. The van der Waals surface area contributed by atoms with Crippen molar-refractivity contribution in [3.05, 3.63) is 11.1 Å². The largest absolute Gasteiger partial charge is 0.394 e. The van der Waals surface area contributed by atoms with E-state index in [4.69, 9.17) is 0 Å². The van der Waals surface area contributed by atoms with Gasteiger partial charge in [0.15, 0.2) is 5.69 Å². The van der Waals surface area contributed by atoms with Crippen molar-refractivity contribution in [1.82, 2.24) is 14.9 Å². The first-order valence-corrected chi connectivity index (χ1v) is 7.40. The zero-order chi connectivity index (χ0) is 14.1. The molecule has 6 heteroatoms. The van der Waals surface area contributed by atoms with E-state index in [2.05, 4.69) is 35.7 Å². The Morgan fingerprint density at radius 3 is 2.84 bits per heavy atom. The maximum Gasteiger partial charge on any atom is 0.273 e. The molecule has 1 saturated carbocycles. The Kier molecular flexibility index (Phi) is 3.92. The highest BCUT2D eigenvalue weighted by molar-refractivity contribution is 7.03. The van der Waals surface area contributed by atoms with Gasteiger partial charge in [-0.25, -0.2) is 0 Å². The van der Waals surface area contributed by atoms with Gasteiger partial charge in [-0.1, -0.05) is 25.3 Å². The van der Waals surface area contributed by atoms with E-state index in [1.54, 1.807) is 5.38 Å². The Hall–Kier alpha value is -1.01. The fourth-order valence-electron chi connectivity index (χ4n) is 3.57. The van der Waals surface area contributed by atoms with Crippen LogP contribution >= 0.6 is 11.5 Å². The number of aliphatic hydroxyl groups is 1. The van der Waals surface area contributed by atoms with Gasteiger partial charge in [-0.3, -0.25) is 4.79 Å². The molecule has 0 radical (unpaired) electrons. The predicted molar refractivity (Wildman–Crippen MR) is 74.0 cm³/mol. The molecule has 5 nitrogen and oxygen atoms in total. The highest BCUT2D eigenvalue weighted by Crippen LogP contribution is 2.43. The molecule has 1 aromatic rings. The van der Waals surface area contributed by atoms with Crippen LogP contribution in [0.2, 0.25) is 0 Å². The minimum absolute atomic E-state index is 0.0376. The molecule has 0 aliphatic heterocycles. The molecule has 106 valence electrons. The third-order valence-corrected chi connectivity index (χ3v) is 4.24. The van der Waals surface area contributed by atoms with Crippen molar-refractivity contribution in [2.45, 2.75) is 45.6 Å². The molecule has 0 unspecified atom stereocenters. The number of amides is 1. The average molecular weight is 283 g/mol. The zero-order valence-electron chi connectivity index (χ0n) is 11.6. The van der Waals surface area contributed by atoms with E-state index < -0.39 is 5.54 Å². The molecule has 2 rings (SSSR count). The Labute approximate surface area is 117 Å². The summed E-state index contributed by atoms with van der Waals surface area (Å²) in [6, 6.07) is 0. The number of hydrogen-bond acceptors (Lipinski definition) is 5. The van der Waals surface area contributed by atoms with Crippen LogP contribution in [0.1, 0.15) is 50.5 Å². The number of carbonyl (C=O) groups is 1. The summed E-state index contributed by atoms with van der Waals surface area (Å²) in [5, 5.41) is 18.2. The van der Waals surface area contributed by atoms with Crippen LogP contribution in [0.15, 0.2) is 5.38 Å². The van der Waals surface area contributed by atoms with Crippen LogP contribution in [-0.2, 0) is 0 Å². The van der Waals surface area contributed by atoms with Crippen LogP contribution in [0.4, 0.5) is 0 Å². The van der Waals surface area contributed by atoms with Crippen molar-refractivity contribution in [2.24, 2.45) is 11.3 Å². The van der Waals surface area contributed by atoms with Crippen molar-refractivity contribution in [2.75, 3.05) is 6.61 Å². The minimum Gasteiger partial charge on any atom is -0.394 e. The van der Waals surface area contributed by atoms with Gasteiger partial charge in [-0.2, -0.15) is 0 Å². The lowest BCUT2D eigenvalue weighted by atomic mass is 9.64. The number of rotatable bonds is 3. The number of hydrogen-bond donors (Lipinski definition) is 2. The van der Waals surface area contributed by atoms with Gasteiger partial charge in [-0.05, 0) is 42.1 Å². The fourth-order valence-corrected chi connectivity index (χ4v) is 4.00. The summed E-state index contributed by atoms with van der Waals surface area (Å²) in [5.41, 5.74) is -0.0931. The predicted octanol–water partition coefficient (Wildman–Crippen LogP) is 1.85. The minimum atomic E-state index is -0.540. The molecule has 2 N–H and O–H groups in total. The van der Waals surface area contributed by atoms with Crippen LogP contribution < -0.4 is 5.32 Å². The number of nitrogens with zero attached hydrogens (tertiary/aromatic N) is 2. The second-order valence-corrected chi connectivity index (χ2v) is 7.15. The molecule has 19 heavy (non-hydrogen) atoms. The summed E-state index contributed by atoms with van der Waals surface area (Å²) in [6.45, 7) is 6.50. The normalized spacial score (nSPS) is 30.0. The van der Waals surface area contributed by atoms with Crippen LogP contribution in [0.25, 0.3) is 0 Å². The van der Waals surface area contributed by atoms with Crippen molar-refractivity contribution in [3.8, 4) is 0 Å². The molecule has 0 bridgehead atoms. The van der Waals surface area contributed by atoms with Gasteiger partial charge >= 0.3 is 0 Å². The molecule has 1 aliphatic carbocycles. The van der Waals surface area contributed by atoms with Crippen molar-refractivity contribution < 1.29 is 9.90 Å². The van der Waals surface area contributed by atoms with Crippen molar-refractivity contribution >= 4 is 17.4 Å². The molecule has 1 aliphatic rings. The van der Waals surface area contributed by atoms with Gasteiger partial charge in [0, 0.05) is 5.38 Å². The highest BCUT2D eigenvalue weighted by Gasteiger charge is 2.43. The maximum absolute atomic E-state index is 12.1. The lowest BCUT2D eigenvalue weighted by Crippen LogP contribution is -2.57. The number of aromatic nitrogens is 2. The van der Waals surface area contributed by atoms with Gasteiger partial charge in [-0.15, -0.1) is 5.10 Å².